The van der Waals surface area contributed by atoms with Crippen molar-refractivity contribution < 1.29 is 28.6 Å². The molecule has 0 radical (unpaired) electrons. The molecule has 2 aromatic heterocycles. The van der Waals surface area contributed by atoms with Crippen molar-refractivity contribution in [2.45, 2.75) is 104 Å². The summed E-state index contributed by atoms with van der Waals surface area (Å²) < 4.78 is 21.0. The second-order valence-electron chi connectivity index (χ2n) is 19.1. The molecule has 4 fully saturated rings. The molecule has 6 atom stereocenters. The molecule has 6 bridgehead atoms. The molecular formula is C46H66N8O6. The minimum Gasteiger partial charge on any atom is -0.464 e. The van der Waals surface area contributed by atoms with Crippen LogP contribution in [0.3, 0.4) is 0 Å². The molecule has 6 heterocycles. The maximum atomic E-state index is 14.4. The van der Waals surface area contributed by atoms with Gasteiger partial charge in [0.05, 0.1) is 48.7 Å². The average Bonchev–Trinajstić information content (AvgIpc) is 3.91. The molecule has 4 aliphatic heterocycles. The number of carbonyl (C=O) groups is 3. The normalized spacial score (nSPS) is 28.3. The van der Waals surface area contributed by atoms with Crippen molar-refractivity contribution in [3.63, 3.8) is 0 Å². The highest BCUT2D eigenvalue weighted by molar-refractivity contribution is 5.95. The van der Waals surface area contributed by atoms with Gasteiger partial charge in [0, 0.05) is 99.4 Å². The molecule has 3 saturated heterocycles. The lowest BCUT2D eigenvalue weighted by molar-refractivity contribution is -0.162. The first kappa shape index (κ1) is 42.5. The highest BCUT2D eigenvalue weighted by Crippen LogP contribution is 2.43. The molecule has 2 amide bonds. The largest absolute Gasteiger partial charge is 0.464 e. The van der Waals surface area contributed by atoms with Crippen molar-refractivity contribution in [1.29, 1.82) is 0 Å². The summed E-state index contributed by atoms with van der Waals surface area (Å²) in [4.78, 5) is 54.2. The molecule has 5 aliphatic rings. The number of aromatic nitrogens is 2. The fourth-order valence-corrected chi connectivity index (χ4v) is 9.75. The van der Waals surface area contributed by atoms with E-state index in [1.54, 1.807) is 7.11 Å². The maximum Gasteiger partial charge on any atom is 0.327 e. The number of amides is 2. The van der Waals surface area contributed by atoms with Gasteiger partial charge >= 0.3 is 5.97 Å². The number of carbonyl (C=O) groups excluding carboxylic acids is 3. The number of aryl methyl sites for hydroxylation is 1. The lowest BCUT2D eigenvalue weighted by Crippen LogP contribution is -2.66. The second kappa shape index (κ2) is 16.9. The predicted molar refractivity (Wildman–Crippen MR) is 233 cm³/mol. The third-order valence-corrected chi connectivity index (χ3v) is 13.7. The van der Waals surface area contributed by atoms with Crippen LogP contribution >= 0.6 is 0 Å². The fourth-order valence-electron chi connectivity index (χ4n) is 9.75. The van der Waals surface area contributed by atoms with E-state index in [2.05, 4.69) is 95.9 Å². The topological polar surface area (TPSA) is 134 Å². The highest BCUT2D eigenvalue weighted by Gasteiger charge is 2.45. The number of piperazine rings is 1. The molecule has 326 valence electrons. The smallest absolute Gasteiger partial charge is 0.327 e. The van der Waals surface area contributed by atoms with Crippen molar-refractivity contribution in [3.05, 3.63) is 41.7 Å². The molecule has 14 heteroatoms. The van der Waals surface area contributed by atoms with Crippen LogP contribution in [0.5, 0.6) is 0 Å². The molecule has 14 nitrogen and oxygen atoms in total. The average molecular weight is 827 g/mol. The van der Waals surface area contributed by atoms with Crippen LogP contribution in [0.25, 0.3) is 22.2 Å². The van der Waals surface area contributed by atoms with E-state index < -0.39 is 23.0 Å². The number of hydrogen-bond donors (Lipinski definition) is 2. The van der Waals surface area contributed by atoms with Gasteiger partial charge in [-0.1, -0.05) is 20.8 Å². The highest BCUT2D eigenvalue weighted by atomic mass is 16.5. The number of hydrazine groups is 1. The van der Waals surface area contributed by atoms with Crippen LogP contribution in [-0.2, 0) is 41.6 Å². The van der Waals surface area contributed by atoms with Gasteiger partial charge in [-0.2, -0.15) is 0 Å². The van der Waals surface area contributed by atoms with Crippen LogP contribution in [0, 0.1) is 17.3 Å². The Kier molecular flexibility index (Phi) is 12.0. The standard InChI is InChI=1S/C46H66N8O6/c1-9-53-39-12-11-31-22-35(39)37(41(53)36-23-32(26-47-40(36)30(3)58-8)51-17-15-50(7)16-18-51)25-45(4,5)28-60-44(57)46(6)13-10-14-54(49-46)43(56)38(48-42(55)34-21-29(34)2)24-33-27-52(31)19-20-59-33/h11-12,22-23,26,29-30,33-34,38,49H,9-10,13-21,24-25,27-28H2,1-8H3,(H,48,55)/t29-,30-,33-,34-,38-,46+/m0/s1. The van der Waals surface area contributed by atoms with E-state index in [1.165, 1.54) is 10.6 Å². The summed E-state index contributed by atoms with van der Waals surface area (Å²) in [6.45, 7) is 19.4. The zero-order valence-electron chi connectivity index (χ0n) is 37.0. The van der Waals surface area contributed by atoms with Gasteiger partial charge < -0.3 is 38.8 Å². The number of morpholine rings is 1. The van der Waals surface area contributed by atoms with Crippen molar-refractivity contribution in [3.8, 4) is 11.3 Å². The third-order valence-electron chi connectivity index (χ3n) is 13.7. The minimum atomic E-state index is -1.12. The number of nitrogens with zero attached hydrogens (tertiary/aromatic N) is 6. The van der Waals surface area contributed by atoms with E-state index in [-0.39, 0.29) is 36.5 Å². The molecule has 1 saturated carbocycles. The summed E-state index contributed by atoms with van der Waals surface area (Å²) in [5.74, 6) is -0.547. The van der Waals surface area contributed by atoms with Crippen molar-refractivity contribution in [2.75, 3.05) is 83.0 Å². The quantitative estimate of drug-likeness (QED) is 0.315. The molecule has 3 aromatic rings. The van der Waals surface area contributed by atoms with E-state index in [1.807, 2.05) is 13.1 Å². The zero-order chi connectivity index (χ0) is 42.5. The number of benzene rings is 1. The van der Waals surface area contributed by atoms with Gasteiger partial charge in [-0.05, 0) is 89.2 Å². The molecular weight excluding hydrogens is 761 g/mol. The van der Waals surface area contributed by atoms with Crippen LogP contribution in [0.15, 0.2) is 30.5 Å². The number of esters is 1. The van der Waals surface area contributed by atoms with E-state index in [9.17, 15) is 14.4 Å². The monoisotopic (exact) mass is 827 g/mol. The second-order valence-corrected chi connectivity index (χ2v) is 19.1. The summed E-state index contributed by atoms with van der Waals surface area (Å²) >= 11 is 0. The molecule has 60 heavy (non-hydrogen) atoms. The third kappa shape index (κ3) is 8.49. The SMILES string of the molecule is CCn1c(-c2cc(N3CCN(C)CC3)cnc2[C@H](C)OC)c2c3cc(ccc31)N1CCO[C@@H](C[C@H](NC(=O)[C@H]3C[C@@H]3C)C(=O)N3CCC[C@@](C)(N3)C(=O)OCC(C)(C)C2)C1. The van der Waals surface area contributed by atoms with Gasteiger partial charge in [0.25, 0.3) is 5.91 Å². The number of hydrogen-bond acceptors (Lipinski definition) is 11. The number of nitrogens with one attached hydrogen (secondary N) is 2. The molecule has 1 aromatic carbocycles. The zero-order valence-corrected chi connectivity index (χ0v) is 37.0. The Balaban J connectivity index is 1.25. The van der Waals surface area contributed by atoms with E-state index >= 15 is 0 Å². The van der Waals surface area contributed by atoms with E-state index in [0.29, 0.717) is 57.8 Å². The molecule has 0 unspecified atom stereocenters. The summed E-state index contributed by atoms with van der Waals surface area (Å²) in [6, 6.07) is 8.25. The number of ether oxygens (including phenoxy) is 3. The van der Waals surface area contributed by atoms with Crippen LogP contribution in [-0.4, -0.2) is 128 Å². The van der Waals surface area contributed by atoms with Gasteiger partial charge in [-0.15, -0.1) is 0 Å². The van der Waals surface area contributed by atoms with Gasteiger partial charge in [0.15, 0.2) is 0 Å². The van der Waals surface area contributed by atoms with Crippen molar-refractivity contribution in [1.82, 2.24) is 30.2 Å². The Hall–Kier alpha value is -4.24. The first-order valence-electron chi connectivity index (χ1n) is 22.2. The number of likely N-dealkylation sites (N-methyl/N-ethyl adjacent to an activating group) is 1. The number of pyridine rings is 1. The van der Waals surface area contributed by atoms with Crippen LogP contribution < -0.4 is 20.5 Å². The summed E-state index contributed by atoms with van der Waals surface area (Å²) in [5.41, 5.74) is 9.20. The number of anilines is 2. The molecule has 0 spiro atoms. The lowest BCUT2D eigenvalue weighted by Gasteiger charge is -2.42. The Labute approximate surface area is 355 Å². The Morgan fingerprint density at radius 1 is 1.05 bits per heavy atom. The fraction of sp³-hybridized carbons (Fsp3) is 0.652. The van der Waals surface area contributed by atoms with E-state index in [0.717, 1.165) is 78.4 Å². The van der Waals surface area contributed by atoms with Crippen LogP contribution in [0.2, 0.25) is 0 Å². The maximum absolute atomic E-state index is 14.4. The Bertz CT molecular complexity index is 2100. The van der Waals surface area contributed by atoms with Gasteiger partial charge in [0.2, 0.25) is 5.91 Å². The van der Waals surface area contributed by atoms with Crippen molar-refractivity contribution >= 4 is 40.1 Å². The summed E-state index contributed by atoms with van der Waals surface area (Å²) in [7, 11) is 3.91. The first-order chi connectivity index (χ1) is 28.7. The van der Waals surface area contributed by atoms with Gasteiger partial charge in [-0.25, -0.2) is 10.2 Å². The van der Waals surface area contributed by atoms with Crippen molar-refractivity contribution in [2.24, 2.45) is 17.3 Å². The number of rotatable bonds is 7. The number of cyclic esters (lactones) is 1. The first-order valence-corrected chi connectivity index (χ1v) is 22.2. The predicted octanol–water partition coefficient (Wildman–Crippen LogP) is 4.93. The van der Waals surface area contributed by atoms with E-state index in [4.69, 9.17) is 19.2 Å². The van der Waals surface area contributed by atoms with Crippen LogP contribution in [0.1, 0.15) is 84.6 Å². The van der Waals surface area contributed by atoms with Gasteiger partial charge in [0.1, 0.15) is 11.6 Å². The molecule has 8 rings (SSSR count). The van der Waals surface area contributed by atoms with Crippen LogP contribution in [0.4, 0.5) is 11.4 Å². The lowest BCUT2D eigenvalue weighted by atomic mass is 9.84. The summed E-state index contributed by atoms with van der Waals surface area (Å²) in [6.07, 6.45) is 4.34. The minimum absolute atomic E-state index is 0.0902. The summed E-state index contributed by atoms with van der Waals surface area (Å²) in [5, 5.41) is 5.78. The number of fused-ring (bicyclic) bond motifs is 6. The Morgan fingerprint density at radius 3 is 2.53 bits per heavy atom. The molecule has 1 aliphatic carbocycles. The Morgan fingerprint density at radius 2 is 1.82 bits per heavy atom. The number of methoxy groups -OCH3 is 1. The molecule has 2 N–H and O–H groups in total. The van der Waals surface area contributed by atoms with Gasteiger partial charge in [-0.3, -0.25) is 19.6 Å².